The highest BCUT2D eigenvalue weighted by Crippen LogP contribution is 2.29. The molecular weight excluding hydrogens is 406 g/mol. The predicted octanol–water partition coefficient (Wildman–Crippen LogP) is 2.32. The van der Waals surface area contributed by atoms with Gasteiger partial charge in [0.05, 0.1) is 10.4 Å². The average Bonchev–Trinajstić information content (AvgIpc) is 3.34. The molecule has 1 aliphatic heterocycles. The number of hydrogen-bond acceptors (Lipinski definition) is 5. The summed E-state index contributed by atoms with van der Waals surface area (Å²) >= 11 is 0. The smallest absolute Gasteiger partial charge is 0.408 e. The fraction of sp³-hybridized carbons (Fsp3) is 0.619. The van der Waals surface area contributed by atoms with Crippen LogP contribution in [-0.2, 0) is 21.4 Å². The molecule has 2 heterocycles. The Labute approximate surface area is 176 Å². The van der Waals surface area contributed by atoms with Crippen LogP contribution in [0.1, 0.15) is 46.0 Å². The van der Waals surface area contributed by atoms with E-state index in [4.69, 9.17) is 4.42 Å². The van der Waals surface area contributed by atoms with Gasteiger partial charge >= 0.3 is 5.76 Å². The highest BCUT2D eigenvalue weighted by molar-refractivity contribution is 7.89. The number of oxazole rings is 1. The van der Waals surface area contributed by atoms with Crippen molar-refractivity contribution in [1.29, 1.82) is 0 Å². The third kappa shape index (κ3) is 3.92. The van der Waals surface area contributed by atoms with Gasteiger partial charge in [-0.15, -0.1) is 0 Å². The third-order valence-corrected chi connectivity index (χ3v) is 8.59. The van der Waals surface area contributed by atoms with Crippen molar-refractivity contribution in [2.75, 3.05) is 13.1 Å². The number of rotatable bonds is 5. The van der Waals surface area contributed by atoms with Crippen LogP contribution in [0.5, 0.6) is 0 Å². The lowest BCUT2D eigenvalue weighted by Crippen LogP contribution is -2.45. The molecule has 0 radical (unpaired) electrons. The number of sulfonamides is 1. The summed E-state index contributed by atoms with van der Waals surface area (Å²) in [7, 11) is -3.60. The molecule has 3 atom stereocenters. The first-order valence-electron chi connectivity index (χ1n) is 10.7. The number of carbonyl (C=O) groups excluding carboxylic acids is 1. The molecule has 164 valence electrons. The van der Waals surface area contributed by atoms with E-state index in [2.05, 4.69) is 19.2 Å². The van der Waals surface area contributed by atoms with E-state index in [-0.39, 0.29) is 29.0 Å². The predicted molar refractivity (Wildman–Crippen MR) is 113 cm³/mol. The molecule has 9 heteroatoms. The maximum atomic E-state index is 12.8. The Hall–Kier alpha value is -2.13. The number of amides is 1. The number of benzene rings is 1. The van der Waals surface area contributed by atoms with Gasteiger partial charge in [0.15, 0.2) is 5.58 Å². The monoisotopic (exact) mass is 435 g/mol. The summed E-state index contributed by atoms with van der Waals surface area (Å²) in [4.78, 5) is 25.1. The molecule has 2 aromatic rings. The van der Waals surface area contributed by atoms with Gasteiger partial charge in [-0.3, -0.25) is 9.36 Å². The molecule has 0 spiro atoms. The number of nitrogens with one attached hydrogen (secondary N) is 1. The molecule has 1 saturated carbocycles. The summed E-state index contributed by atoms with van der Waals surface area (Å²) in [6, 6.07) is 4.50. The number of carbonyl (C=O) groups is 1. The second-order valence-electron chi connectivity index (χ2n) is 8.64. The Morgan fingerprint density at radius 1 is 1.17 bits per heavy atom. The Morgan fingerprint density at radius 2 is 1.90 bits per heavy atom. The fourth-order valence-corrected chi connectivity index (χ4v) is 6.15. The third-order valence-electron chi connectivity index (χ3n) is 6.70. The highest BCUT2D eigenvalue weighted by atomic mass is 32.2. The molecule has 1 aromatic heterocycles. The molecule has 1 aromatic carbocycles. The first-order chi connectivity index (χ1) is 14.3. The van der Waals surface area contributed by atoms with E-state index in [0.29, 0.717) is 30.4 Å². The Balaban J connectivity index is 1.54. The van der Waals surface area contributed by atoms with Crippen molar-refractivity contribution in [2.24, 2.45) is 11.8 Å². The number of fused-ring (bicyclic) bond motifs is 1. The summed E-state index contributed by atoms with van der Waals surface area (Å²) in [6.45, 7) is 5.20. The van der Waals surface area contributed by atoms with Gasteiger partial charge in [0.25, 0.3) is 0 Å². The van der Waals surface area contributed by atoms with Crippen molar-refractivity contribution in [3.05, 3.63) is 28.7 Å². The molecule has 0 bridgehead atoms. The summed E-state index contributed by atoms with van der Waals surface area (Å²) in [5, 5.41) is 3.06. The number of aromatic nitrogens is 1. The van der Waals surface area contributed by atoms with E-state index in [0.717, 1.165) is 25.7 Å². The molecule has 2 aliphatic rings. The Bertz CT molecular complexity index is 1100. The molecule has 1 N–H and O–H groups in total. The zero-order valence-corrected chi connectivity index (χ0v) is 18.3. The maximum Gasteiger partial charge on any atom is 0.420 e. The second kappa shape index (κ2) is 8.19. The molecule has 30 heavy (non-hydrogen) atoms. The zero-order chi connectivity index (χ0) is 21.5. The van der Waals surface area contributed by atoms with Crippen LogP contribution in [0, 0.1) is 11.8 Å². The van der Waals surface area contributed by atoms with Crippen LogP contribution in [0.3, 0.4) is 0 Å². The molecule has 1 amide bonds. The van der Waals surface area contributed by atoms with Crippen LogP contribution in [-0.4, -0.2) is 42.3 Å². The van der Waals surface area contributed by atoms with E-state index in [9.17, 15) is 18.0 Å². The first-order valence-corrected chi connectivity index (χ1v) is 12.1. The zero-order valence-electron chi connectivity index (χ0n) is 17.5. The average molecular weight is 436 g/mol. The Kier molecular flexibility index (Phi) is 5.76. The molecule has 1 saturated heterocycles. The van der Waals surface area contributed by atoms with Crippen LogP contribution < -0.4 is 11.1 Å². The van der Waals surface area contributed by atoms with E-state index in [1.54, 1.807) is 6.07 Å². The van der Waals surface area contributed by atoms with Gasteiger partial charge in [-0.2, -0.15) is 4.31 Å². The summed E-state index contributed by atoms with van der Waals surface area (Å²) in [5.41, 5.74) is 0.591. The maximum absolute atomic E-state index is 12.8. The van der Waals surface area contributed by atoms with Crippen LogP contribution in [0.25, 0.3) is 11.1 Å². The van der Waals surface area contributed by atoms with E-state index in [1.807, 2.05) is 0 Å². The van der Waals surface area contributed by atoms with Gasteiger partial charge in [0, 0.05) is 25.2 Å². The van der Waals surface area contributed by atoms with Gasteiger partial charge in [0.1, 0.15) is 6.54 Å². The molecule has 2 fully saturated rings. The highest BCUT2D eigenvalue weighted by Gasteiger charge is 2.30. The van der Waals surface area contributed by atoms with Crippen molar-refractivity contribution < 1.29 is 17.6 Å². The van der Waals surface area contributed by atoms with Crippen LogP contribution in [0.15, 0.2) is 32.3 Å². The quantitative estimate of drug-likeness (QED) is 0.777. The van der Waals surface area contributed by atoms with Crippen molar-refractivity contribution in [3.8, 4) is 0 Å². The lowest BCUT2D eigenvalue weighted by atomic mass is 9.78. The van der Waals surface area contributed by atoms with Crippen molar-refractivity contribution in [2.45, 2.75) is 63.4 Å². The minimum atomic E-state index is -3.60. The first kappa shape index (κ1) is 21.1. The van der Waals surface area contributed by atoms with Crippen LogP contribution >= 0.6 is 0 Å². The van der Waals surface area contributed by atoms with Crippen molar-refractivity contribution in [1.82, 2.24) is 14.2 Å². The van der Waals surface area contributed by atoms with Gasteiger partial charge in [-0.1, -0.05) is 26.7 Å². The van der Waals surface area contributed by atoms with Crippen LogP contribution in [0.2, 0.25) is 0 Å². The standard InChI is InChI=1S/C21H29N3O5S/c1-14-6-5-7-17(15(14)2)22-20(25)13-24-18-9-8-16(12-19(18)29-21(24)26)30(27,28)23-10-3-4-11-23/h8-9,12,14-15,17H,3-7,10-11,13H2,1-2H3,(H,22,25). The van der Waals surface area contributed by atoms with E-state index in [1.165, 1.54) is 27.4 Å². The summed E-state index contributed by atoms with van der Waals surface area (Å²) < 4.78 is 33.5. The summed E-state index contributed by atoms with van der Waals surface area (Å²) in [6.07, 6.45) is 4.89. The van der Waals surface area contributed by atoms with E-state index >= 15 is 0 Å². The van der Waals surface area contributed by atoms with Gasteiger partial charge in [0.2, 0.25) is 15.9 Å². The van der Waals surface area contributed by atoms with Gasteiger partial charge < -0.3 is 9.73 Å². The van der Waals surface area contributed by atoms with Gasteiger partial charge in [-0.25, -0.2) is 13.2 Å². The van der Waals surface area contributed by atoms with E-state index < -0.39 is 15.8 Å². The van der Waals surface area contributed by atoms with Crippen LogP contribution in [0.4, 0.5) is 0 Å². The molecule has 3 unspecified atom stereocenters. The largest absolute Gasteiger partial charge is 0.420 e. The van der Waals surface area contributed by atoms with Crippen molar-refractivity contribution >= 4 is 27.0 Å². The second-order valence-corrected chi connectivity index (χ2v) is 10.6. The fourth-order valence-electron chi connectivity index (χ4n) is 4.62. The Morgan fingerprint density at radius 3 is 2.63 bits per heavy atom. The molecule has 4 rings (SSSR count). The molecule has 1 aliphatic carbocycles. The van der Waals surface area contributed by atoms with Crippen molar-refractivity contribution in [3.63, 3.8) is 0 Å². The number of nitrogens with zero attached hydrogens (tertiary/aromatic N) is 2. The summed E-state index contributed by atoms with van der Waals surface area (Å²) in [5.74, 6) is 0.0387. The SMILES string of the molecule is CC1CCCC(NC(=O)Cn2c(=O)oc3cc(S(=O)(=O)N4CCCC4)ccc32)C1C. The molecular formula is C21H29N3O5S. The topological polar surface area (TPSA) is 102 Å². The minimum Gasteiger partial charge on any atom is -0.408 e. The normalized spacial score (nSPS) is 25.6. The van der Waals surface area contributed by atoms with Gasteiger partial charge in [-0.05, 0) is 43.2 Å². The molecule has 8 nitrogen and oxygen atoms in total. The number of hydrogen-bond donors (Lipinski definition) is 1. The minimum absolute atomic E-state index is 0.104. The lowest BCUT2D eigenvalue weighted by Gasteiger charge is -2.34. The lowest BCUT2D eigenvalue weighted by molar-refractivity contribution is -0.123.